The molecule has 4 rings (SSSR count). The van der Waals surface area contributed by atoms with E-state index in [1.54, 1.807) is 0 Å². The van der Waals surface area contributed by atoms with Gasteiger partial charge in [-0.25, -0.2) is 0 Å². The van der Waals surface area contributed by atoms with Crippen molar-refractivity contribution in [3.8, 4) is 0 Å². The molecule has 0 heterocycles. The molecule has 0 radical (unpaired) electrons. The summed E-state index contributed by atoms with van der Waals surface area (Å²) in [6, 6.07) is 0. The van der Waals surface area contributed by atoms with E-state index in [4.69, 9.17) is 0 Å². The number of rotatable bonds is 0. The first-order valence-corrected chi connectivity index (χ1v) is 9.56. The Bertz CT molecular complexity index is 486. The van der Waals surface area contributed by atoms with Crippen molar-refractivity contribution in [3.05, 3.63) is 0 Å². The summed E-state index contributed by atoms with van der Waals surface area (Å²) in [5.41, 5.74) is 0.559. The normalized spacial score (nSPS) is 57.9. The zero-order valence-electron chi connectivity index (χ0n) is 14.5. The van der Waals surface area contributed by atoms with Gasteiger partial charge in [0.15, 0.2) is 0 Å². The Kier molecular flexibility index (Phi) is 3.32. The molecule has 1 N–H and O–H groups in total. The molecule has 4 saturated carbocycles. The highest BCUT2D eigenvalue weighted by Gasteiger charge is 2.61. The molecule has 22 heavy (non-hydrogen) atoms. The summed E-state index contributed by atoms with van der Waals surface area (Å²) in [4.78, 5) is 12.0. The number of aliphatic hydroxyl groups excluding tert-OH is 1. The van der Waals surface area contributed by atoms with Crippen LogP contribution >= 0.6 is 0 Å². The summed E-state index contributed by atoms with van der Waals surface area (Å²) in [6.45, 7) is 7.30. The second-order valence-corrected chi connectivity index (χ2v) is 9.59. The minimum absolute atomic E-state index is 0.0795. The van der Waals surface area contributed by atoms with Crippen LogP contribution in [0.5, 0.6) is 0 Å². The maximum absolute atomic E-state index is 12.0. The Morgan fingerprint density at radius 3 is 2.55 bits per heavy atom. The monoisotopic (exact) mass is 304 g/mol. The van der Waals surface area contributed by atoms with Crippen molar-refractivity contribution < 1.29 is 9.90 Å². The third-order valence-electron chi connectivity index (χ3n) is 8.79. The molecule has 0 amide bonds. The van der Waals surface area contributed by atoms with Crippen LogP contribution in [0.2, 0.25) is 0 Å². The first-order valence-electron chi connectivity index (χ1n) is 9.56. The van der Waals surface area contributed by atoms with Crippen molar-refractivity contribution in [1.29, 1.82) is 0 Å². The molecule has 4 fully saturated rings. The van der Waals surface area contributed by atoms with Gasteiger partial charge >= 0.3 is 0 Å². The zero-order valence-corrected chi connectivity index (χ0v) is 14.5. The summed E-state index contributed by atoms with van der Waals surface area (Å²) in [7, 11) is 0. The quantitative estimate of drug-likeness (QED) is 0.728. The van der Waals surface area contributed by atoms with E-state index < -0.39 is 0 Å². The third kappa shape index (κ3) is 1.85. The van der Waals surface area contributed by atoms with Crippen LogP contribution in [0.25, 0.3) is 0 Å². The predicted octanol–water partition coefficient (Wildman–Crippen LogP) is 4.21. The molecule has 0 bridgehead atoms. The Balaban J connectivity index is 1.68. The lowest BCUT2D eigenvalue weighted by Gasteiger charge is -2.62. The number of Topliss-reactive ketones (excluding diaryl/α,β-unsaturated/α-hetero) is 1. The SMILES string of the molecule is CC1CC2CC(=O)CC[C@]2(C)C2CC[C@@]3(C)C(CC[C@@H]3O)[C@H]12. The number of hydrogen-bond acceptors (Lipinski definition) is 2. The number of carbonyl (C=O) groups is 1. The minimum atomic E-state index is -0.0795. The fourth-order valence-corrected chi connectivity index (χ4v) is 7.40. The van der Waals surface area contributed by atoms with Crippen LogP contribution < -0.4 is 0 Å². The van der Waals surface area contributed by atoms with Crippen molar-refractivity contribution in [2.24, 2.45) is 40.4 Å². The number of carbonyl (C=O) groups excluding carboxylic acids is 1. The van der Waals surface area contributed by atoms with Gasteiger partial charge in [0.1, 0.15) is 5.78 Å². The van der Waals surface area contributed by atoms with Gasteiger partial charge in [0.2, 0.25) is 0 Å². The second kappa shape index (κ2) is 4.82. The lowest BCUT2D eigenvalue weighted by Crippen LogP contribution is -2.56. The topological polar surface area (TPSA) is 37.3 Å². The second-order valence-electron chi connectivity index (χ2n) is 9.59. The van der Waals surface area contributed by atoms with E-state index in [0.717, 1.165) is 43.4 Å². The van der Waals surface area contributed by atoms with Gasteiger partial charge in [0.05, 0.1) is 6.10 Å². The van der Waals surface area contributed by atoms with E-state index in [2.05, 4.69) is 20.8 Å². The molecule has 124 valence electrons. The molecule has 0 aromatic carbocycles. The third-order valence-corrected chi connectivity index (χ3v) is 8.79. The fourth-order valence-electron chi connectivity index (χ4n) is 7.40. The van der Waals surface area contributed by atoms with Crippen LogP contribution in [0.3, 0.4) is 0 Å². The van der Waals surface area contributed by atoms with Crippen LogP contribution in [-0.4, -0.2) is 17.0 Å². The maximum atomic E-state index is 12.0. The molecule has 2 heteroatoms. The van der Waals surface area contributed by atoms with Crippen LogP contribution in [-0.2, 0) is 4.79 Å². The van der Waals surface area contributed by atoms with Gasteiger partial charge in [0.25, 0.3) is 0 Å². The van der Waals surface area contributed by atoms with Gasteiger partial charge in [-0.05, 0) is 78.9 Å². The van der Waals surface area contributed by atoms with Crippen LogP contribution in [0.1, 0.15) is 72.1 Å². The van der Waals surface area contributed by atoms with Crippen molar-refractivity contribution in [2.75, 3.05) is 0 Å². The highest BCUT2D eigenvalue weighted by atomic mass is 16.3. The summed E-state index contributed by atoms with van der Waals surface area (Å²) < 4.78 is 0. The molecule has 4 aliphatic rings. The number of hydrogen-bond donors (Lipinski definition) is 1. The fraction of sp³-hybridized carbons (Fsp3) is 0.950. The molecule has 0 saturated heterocycles. The Labute approximate surface area is 135 Å². The van der Waals surface area contributed by atoms with E-state index in [1.807, 2.05) is 0 Å². The van der Waals surface area contributed by atoms with Crippen LogP contribution in [0, 0.1) is 40.4 Å². The van der Waals surface area contributed by atoms with Gasteiger partial charge in [0, 0.05) is 12.8 Å². The molecule has 4 unspecified atom stereocenters. The summed E-state index contributed by atoms with van der Waals surface area (Å²) in [6.07, 6.45) is 8.65. The average molecular weight is 304 g/mol. The van der Waals surface area contributed by atoms with E-state index in [0.29, 0.717) is 23.0 Å². The minimum Gasteiger partial charge on any atom is -0.393 e. The highest BCUT2D eigenvalue weighted by Crippen LogP contribution is 2.67. The largest absolute Gasteiger partial charge is 0.393 e. The van der Waals surface area contributed by atoms with Gasteiger partial charge in [-0.3, -0.25) is 4.79 Å². The van der Waals surface area contributed by atoms with Gasteiger partial charge in [-0.1, -0.05) is 20.8 Å². The molecule has 0 spiro atoms. The molecule has 8 atom stereocenters. The highest BCUT2D eigenvalue weighted by molar-refractivity contribution is 5.79. The van der Waals surface area contributed by atoms with E-state index >= 15 is 0 Å². The van der Waals surface area contributed by atoms with Crippen molar-refractivity contribution >= 4 is 5.78 Å². The maximum Gasteiger partial charge on any atom is 0.133 e. The zero-order chi connectivity index (χ0) is 15.7. The van der Waals surface area contributed by atoms with Crippen molar-refractivity contribution in [2.45, 2.75) is 78.2 Å². The Morgan fingerprint density at radius 2 is 1.77 bits per heavy atom. The van der Waals surface area contributed by atoms with Gasteiger partial charge in [-0.15, -0.1) is 0 Å². The molecule has 4 aliphatic carbocycles. The van der Waals surface area contributed by atoms with Crippen molar-refractivity contribution in [1.82, 2.24) is 0 Å². The Morgan fingerprint density at radius 1 is 1.05 bits per heavy atom. The smallest absolute Gasteiger partial charge is 0.133 e. The van der Waals surface area contributed by atoms with Crippen LogP contribution in [0.4, 0.5) is 0 Å². The number of fused-ring (bicyclic) bond motifs is 5. The lowest BCUT2D eigenvalue weighted by atomic mass is 9.43. The molecular weight excluding hydrogens is 272 g/mol. The molecule has 0 aromatic heterocycles. The Hall–Kier alpha value is -0.370. The van der Waals surface area contributed by atoms with E-state index in [-0.39, 0.29) is 11.5 Å². The lowest BCUT2D eigenvalue weighted by molar-refractivity contribution is -0.153. The van der Waals surface area contributed by atoms with E-state index in [9.17, 15) is 9.90 Å². The van der Waals surface area contributed by atoms with E-state index in [1.165, 1.54) is 25.7 Å². The van der Waals surface area contributed by atoms with Crippen molar-refractivity contribution in [3.63, 3.8) is 0 Å². The molecule has 2 nitrogen and oxygen atoms in total. The summed E-state index contributed by atoms with van der Waals surface area (Å²) >= 11 is 0. The first-order chi connectivity index (χ1) is 10.4. The number of aliphatic hydroxyl groups is 1. The van der Waals surface area contributed by atoms with Gasteiger partial charge in [-0.2, -0.15) is 0 Å². The van der Waals surface area contributed by atoms with Crippen LogP contribution in [0.15, 0.2) is 0 Å². The first kappa shape index (κ1) is 15.2. The summed E-state index contributed by atoms with van der Waals surface area (Å²) in [5.74, 6) is 4.14. The summed E-state index contributed by atoms with van der Waals surface area (Å²) in [5, 5.41) is 10.5. The number of ketones is 1. The predicted molar refractivity (Wildman–Crippen MR) is 87.3 cm³/mol. The standard InChI is InChI=1S/C20H32O2/c1-12-10-13-11-14(21)6-8-19(13,2)16-7-9-20(3)15(18(12)16)4-5-17(20)22/h12-13,15-18,22H,4-11H2,1-3H3/t12?,13?,15?,16?,17-,18-,19-,20-/m0/s1. The molecular formula is C20H32O2. The molecule has 0 aliphatic heterocycles. The van der Waals surface area contributed by atoms with Gasteiger partial charge < -0.3 is 5.11 Å². The average Bonchev–Trinajstić information content (AvgIpc) is 2.77. The molecule has 0 aromatic rings.